The van der Waals surface area contributed by atoms with Crippen LogP contribution in [0.1, 0.15) is 13.8 Å². The van der Waals surface area contributed by atoms with Crippen molar-refractivity contribution in [3.05, 3.63) is 48.8 Å². The largest absolute Gasteiger partial charge is 0.368 e. The van der Waals surface area contributed by atoms with E-state index in [0.717, 1.165) is 32.7 Å². The van der Waals surface area contributed by atoms with Crippen LogP contribution in [0.2, 0.25) is 0 Å². The summed E-state index contributed by atoms with van der Waals surface area (Å²) in [6, 6.07) is 12.3. The minimum absolute atomic E-state index is 0.181. The number of nitrogens with zero attached hydrogens (tertiary/aromatic N) is 4. The minimum atomic E-state index is -0.186. The molecule has 25 heavy (non-hydrogen) atoms. The molecule has 134 valence electrons. The second kappa shape index (κ2) is 8.16. The van der Waals surface area contributed by atoms with Crippen LogP contribution in [0.15, 0.2) is 48.8 Å². The highest BCUT2D eigenvalue weighted by molar-refractivity contribution is 5.81. The maximum Gasteiger partial charge on any atom is 0.239 e. The highest BCUT2D eigenvalue weighted by Crippen LogP contribution is 2.16. The molecule has 0 unspecified atom stereocenters. The van der Waals surface area contributed by atoms with E-state index >= 15 is 0 Å². The number of amides is 1. The number of benzene rings is 1. The quantitative estimate of drug-likeness (QED) is 0.867. The van der Waals surface area contributed by atoms with Gasteiger partial charge in [-0.15, -0.1) is 0 Å². The molecule has 2 atom stereocenters. The molecule has 2 heterocycles. The number of piperazine rings is 1. The van der Waals surface area contributed by atoms with E-state index in [1.807, 2.05) is 34.8 Å². The summed E-state index contributed by atoms with van der Waals surface area (Å²) in [5.41, 5.74) is 1.23. The van der Waals surface area contributed by atoms with Crippen molar-refractivity contribution in [3.8, 4) is 0 Å². The first-order valence-electron chi connectivity index (χ1n) is 8.96. The predicted octanol–water partition coefficient (Wildman–Crippen LogP) is 1.60. The van der Waals surface area contributed by atoms with Crippen LogP contribution in [0.3, 0.4) is 0 Å². The van der Waals surface area contributed by atoms with Gasteiger partial charge in [0.2, 0.25) is 5.91 Å². The monoisotopic (exact) mass is 341 g/mol. The summed E-state index contributed by atoms with van der Waals surface area (Å²) in [4.78, 5) is 17.0. The second-order valence-corrected chi connectivity index (χ2v) is 6.67. The zero-order chi connectivity index (χ0) is 17.6. The number of carbonyl (C=O) groups excluding carboxylic acids is 1. The third-order valence-corrected chi connectivity index (χ3v) is 4.64. The van der Waals surface area contributed by atoms with E-state index in [1.54, 1.807) is 6.20 Å². The molecule has 0 aliphatic carbocycles. The normalized spacial score (nSPS) is 17.4. The number of rotatable bonds is 6. The highest BCUT2D eigenvalue weighted by atomic mass is 16.2. The Bertz CT molecular complexity index is 650. The van der Waals surface area contributed by atoms with Crippen LogP contribution in [0.25, 0.3) is 0 Å². The van der Waals surface area contributed by atoms with Crippen molar-refractivity contribution in [2.24, 2.45) is 0 Å². The molecule has 0 spiro atoms. The van der Waals surface area contributed by atoms with Gasteiger partial charge in [0.15, 0.2) is 0 Å². The first kappa shape index (κ1) is 17.5. The zero-order valence-electron chi connectivity index (χ0n) is 15.0. The Morgan fingerprint density at radius 1 is 1.12 bits per heavy atom. The van der Waals surface area contributed by atoms with Gasteiger partial charge >= 0.3 is 0 Å². The molecule has 3 rings (SSSR count). The van der Waals surface area contributed by atoms with Gasteiger partial charge in [0, 0.05) is 50.3 Å². The fourth-order valence-corrected chi connectivity index (χ4v) is 3.34. The Morgan fingerprint density at radius 3 is 2.48 bits per heavy atom. The van der Waals surface area contributed by atoms with Gasteiger partial charge in [-0.3, -0.25) is 9.48 Å². The number of hydrogen-bond donors (Lipinski definition) is 1. The molecular weight excluding hydrogens is 314 g/mol. The first-order chi connectivity index (χ1) is 12.1. The maximum absolute atomic E-state index is 12.7. The lowest BCUT2D eigenvalue weighted by molar-refractivity contribution is -0.133. The number of hydrogen-bond acceptors (Lipinski definition) is 4. The summed E-state index contributed by atoms with van der Waals surface area (Å²) in [6.07, 6.45) is 3.71. The number of carbonyl (C=O) groups is 1. The fraction of sp³-hybridized carbons (Fsp3) is 0.474. The molecule has 1 aromatic heterocycles. The lowest BCUT2D eigenvalue weighted by Crippen LogP contribution is -2.54. The van der Waals surface area contributed by atoms with Crippen LogP contribution < -0.4 is 10.2 Å². The smallest absolute Gasteiger partial charge is 0.239 e. The average molecular weight is 341 g/mol. The van der Waals surface area contributed by atoms with Crippen LogP contribution in [0.5, 0.6) is 0 Å². The summed E-state index contributed by atoms with van der Waals surface area (Å²) in [6.45, 7) is 8.09. The molecule has 1 N–H and O–H groups in total. The van der Waals surface area contributed by atoms with Gasteiger partial charge in [0.25, 0.3) is 0 Å². The van der Waals surface area contributed by atoms with Crippen LogP contribution in [0.4, 0.5) is 5.69 Å². The lowest BCUT2D eigenvalue weighted by Gasteiger charge is -2.37. The van der Waals surface area contributed by atoms with Crippen molar-refractivity contribution in [1.82, 2.24) is 20.0 Å². The maximum atomic E-state index is 12.7. The van der Waals surface area contributed by atoms with Crippen molar-refractivity contribution in [3.63, 3.8) is 0 Å². The molecule has 1 aliphatic rings. The Morgan fingerprint density at radius 2 is 1.84 bits per heavy atom. The van der Waals surface area contributed by atoms with E-state index in [0.29, 0.717) is 0 Å². The van der Waals surface area contributed by atoms with Crippen molar-refractivity contribution in [1.29, 1.82) is 0 Å². The molecule has 2 aromatic rings. The Balaban J connectivity index is 1.46. The van der Waals surface area contributed by atoms with Crippen LogP contribution in [-0.4, -0.2) is 58.9 Å². The van der Waals surface area contributed by atoms with Crippen LogP contribution in [0, 0.1) is 0 Å². The topological polar surface area (TPSA) is 53.4 Å². The highest BCUT2D eigenvalue weighted by Gasteiger charge is 2.25. The van der Waals surface area contributed by atoms with Gasteiger partial charge < -0.3 is 15.1 Å². The summed E-state index contributed by atoms with van der Waals surface area (Å²) >= 11 is 0. The molecule has 1 aromatic carbocycles. The van der Waals surface area contributed by atoms with E-state index < -0.39 is 0 Å². The van der Waals surface area contributed by atoms with E-state index in [9.17, 15) is 4.79 Å². The zero-order valence-corrected chi connectivity index (χ0v) is 15.0. The van der Waals surface area contributed by atoms with Gasteiger partial charge in [0.1, 0.15) is 0 Å². The molecule has 1 fully saturated rings. The third-order valence-electron chi connectivity index (χ3n) is 4.64. The van der Waals surface area contributed by atoms with E-state index in [-0.39, 0.29) is 18.0 Å². The Kier molecular flexibility index (Phi) is 5.71. The molecular formula is C19H27N5O. The SMILES string of the molecule is C[C@@H](Cn1cccn1)N[C@H](C)C(=O)N1CCN(c2ccccc2)CC1. The van der Waals surface area contributed by atoms with Gasteiger partial charge in [-0.25, -0.2) is 0 Å². The van der Waals surface area contributed by atoms with Crippen molar-refractivity contribution in [2.75, 3.05) is 31.1 Å². The first-order valence-corrected chi connectivity index (χ1v) is 8.96. The Labute approximate surface area is 149 Å². The average Bonchev–Trinajstić information content (AvgIpc) is 3.14. The van der Waals surface area contributed by atoms with Crippen molar-refractivity contribution in [2.45, 2.75) is 32.5 Å². The standard InChI is InChI=1S/C19H27N5O/c1-16(15-24-10-6-9-20-24)21-17(2)19(25)23-13-11-22(12-14-23)18-7-4-3-5-8-18/h3-10,16-17,21H,11-15H2,1-2H3/t16-,17+/m0/s1. The van der Waals surface area contributed by atoms with E-state index in [4.69, 9.17) is 0 Å². The lowest BCUT2D eigenvalue weighted by atomic mass is 10.2. The third kappa shape index (κ3) is 4.60. The second-order valence-electron chi connectivity index (χ2n) is 6.67. The molecule has 0 radical (unpaired) electrons. The van der Waals surface area contributed by atoms with E-state index in [1.165, 1.54) is 5.69 Å². The van der Waals surface area contributed by atoms with Crippen LogP contribution >= 0.6 is 0 Å². The Hall–Kier alpha value is -2.34. The minimum Gasteiger partial charge on any atom is -0.368 e. The van der Waals surface area contributed by atoms with Crippen molar-refractivity contribution < 1.29 is 4.79 Å². The summed E-state index contributed by atoms with van der Waals surface area (Å²) in [7, 11) is 0. The summed E-state index contributed by atoms with van der Waals surface area (Å²) in [5, 5.41) is 7.60. The fourth-order valence-electron chi connectivity index (χ4n) is 3.34. The van der Waals surface area contributed by atoms with Gasteiger partial charge in [0.05, 0.1) is 12.6 Å². The van der Waals surface area contributed by atoms with E-state index in [2.05, 4.69) is 46.5 Å². The molecule has 6 nitrogen and oxygen atoms in total. The van der Waals surface area contributed by atoms with Crippen LogP contribution in [-0.2, 0) is 11.3 Å². The molecule has 1 amide bonds. The predicted molar refractivity (Wildman–Crippen MR) is 99.5 cm³/mol. The number of anilines is 1. The number of nitrogens with one attached hydrogen (secondary N) is 1. The van der Waals surface area contributed by atoms with Gasteiger partial charge in [-0.05, 0) is 32.0 Å². The summed E-state index contributed by atoms with van der Waals surface area (Å²) in [5.74, 6) is 0.181. The molecule has 1 saturated heterocycles. The number of aromatic nitrogens is 2. The van der Waals surface area contributed by atoms with Gasteiger partial charge in [-0.1, -0.05) is 18.2 Å². The molecule has 1 aliphatic heterocycles. The molecule has 0 saturated carbocycles. The van der Waals surface area contributed by atoms with Gasteiger partial charge in [-0.2, -0.15) is 5.10 Å². The molecule has 0 bridgehead atoms. The molecule has 6 heteroatoms. The summed E-state index contributed by atoms with van der Waals surface area (Å²) < 4.78 is 1.88. The number of para-hydroxylation sites is 1. The van der Waals surface area contributed by atoms with Crippen molar-refractivity contribution >= 4 is 11.6 Å².